The molecule has 0 atom stereocenters. The number of carbonyl (C=O) groups excluding carboxylic acids is 1. The van der Waals surface area contributed by atoms with Crippen LogP contribution in [0.3, 0.4) is 0 Å². The fourth-order valence-corrected chi connectivity index (χ4v) is 3.18. The Morgan fingerprint density at radius 2 is 1.14 bits per heavy atom. The van der Waals surface area contributed by atoms with Crippen molar-refractivity contribution in [1.29, 1.82) is 0 Å². The monoisotopic (exact) mass is 396 g/mol. The van der Waals surface area contributed by atoms with Gasteiger partial charge in [-0.2, -0.15) is 0 Å². The Labute approximate surface area is 175 Å². The molecule has 28 heavy (non-hydrogen) atoms. The van der Waals surface area contributed by atoms with Crippen LogP contribution < -0.4 is 0 Å². The van der Waals surface area contributed by atoms with Crippen molar-refractivity contribution < 1.29 is 14.3 Å². The van der Waals surface area contributed by atoms with E-state index in [9.17, 15) is 4.79 Å². The summed E-state index contributed by atoms with van der Waals surface area (Å²) >= 11 is 0. The predicted octanol–water partition coefficient (Wildman–Crippen LogP) is 8.61. The standard InChI is InChI=1S/C25H48O3/c1-4-5-6-7-8-9-10-11-12-13-14-15-16-19-22-27-25(26)28-23-20-17-18-21-24(2)3/h9-10,24H,4-8,11-23H2,1-3H3. The van der Waals surface area contributed by atoms with Crippen LogP contribution in [0.4, 0.5) is 4.79 Å². The second-order valence-corrected chi connectivity index (χ2v) is 8.42. The maximum atomic E-state index is 11.5. The van der Waals surface area contributed by atoms with Gasteiger partial charge in [0.15, 0.2) is 0 Å². The van der Waals surface area contributed by atoms with Crippen LogP contribution >= 0.6 is 0 Å². The Balaban J connectivity index is 3.20. The number of unbranched alkanes of at least 4 members (excludes halogenated alkanes) is 12. The van der Waals surface area contributed by atoms with Crippen LogP contribution in [-0.4, -0.2) is 19.4 Å². The molecule has 0 aromatic carbocycles. The molecule has 0 aliphatic carbocycles. The summed E-state index contributed by atoms with van der Waals surface area (Å²) in [4.78, 5) is 11.5. The van der Waals surface area contributed by atoms with Crippen LogP contribution in [0.1, 0.15) is 124 Å². The molecule has 0 fully saturated rings. The lowest BCUT2D eigenvalue weighted by Crippen LogP contribution is -2.09. The number of allylic oxidation sites excluding steroid dienone is 2. The lowest BCUT2D eigenvalue weighted by molar-refractivity contribution is 0.0528. The minimum Gasteiger partial charge on any atom is -0.434 e. The van der Waals surface area contributed by atoms with Gasteiger partial charge in [0.2, 0.25) is 0 Å². The largest absolute Gasteiger partial charge is 0.508 e. The van der Waals surface area contributed by atoms with Crippen LogP contribution in [-0.2, 0) is 9.47 Å². The lowest BCUT2D eigenvalue weighted by Gasteiger charge is -2.07. The number of hydrogen-bond donors (Lipinski definition) is 0. The van der Waals surface area contributed by atoms with Gasteiger partial charge in [-0.05, 0) is 44.4 Å². The highest BCUT2D eigenvalue weighted by molar-refractivity contribution is 5.59. The normalized spacial score (nSPS) is 11.4. The summed E-state index contributed by atoms with van der Waals surface area (Å²) in [5.41, 5.74) is 0. The Morgan fingerprint density at radius 1 is 0.679 bits per heavy atom. The van der Waals surface area contributed by atoms with E-state index in [0.29, 0.717) is 13.2 Å². The van der Waals surface area contributed by atoms with Gasteiger partial charge in [-0.25, -0.2) is 4.79 Å². The third-order valence-corrected chi connectivity index (χ3v) is 5.02. The first-order chi connectivity index (χ1) is 13.7. The third-order valence-electron chi connectivity index (χ3n) is 5.02. The maximum absolute atomic E-state index is 11.5. The molecule has 0 bridgehead atoms. The molecule has 3 nitrogen and oxygen atoms in total. The van der Waals surface area contributed by atoms with Gasteiger partial charge in [0.05, 0.1) is 13.2 Å². The van der Waals surface area contributed by atoms with Gasteiger partial charge in [-0.1, -0.05) is 97.1 Å². The SMILES string of the molecule is CCCCCCC=CCCCCCCCCOC(=O)OCCCCCC(C)C. The van der Waals surface area contributed by atoms with E-state index in [2.05, 4.69) is 32.9 Å². The van der Waals surface area contributed by atoms with E-state index in [1.165, 1.54) is 77.0 Å². The number of carbonyl (C=O) groups is 1. The van der Waals surface area contributed by atoms with Gasteiger partial charge in [-0.3, -0.25) is 0 Å². The first-order valence-corrected chi connectivity index (χ1v) is 12.1. The van der Waals surface area contributed by atoms with Crippen LogP contribution in [0.5, 0.6) is 0 Å². The molecule has 0 aromatic rings. The summed E-state index contributed by atoms with van der Waals surface area (Å²) in [6.07, 6.45) is 23.8. The minimum absolute atomic E-state index is 0.490. The predicted molar refractivity (Wildman–Crippen MR) is 121 cm³/mol. The van der Waals surface area contributed by atoms with Crippen molar-refractivity contribution >= 4 is 6.16 Å². The van der Waals surface area contributed by atoms with E-state index >= 15 is 0 Å². The van der Waals surface area contributed by atoms with E-state index in [0.717, 1.165) is 31.6 Å². The van der Waals surface area contributed by atoms with Gasteiger partial charge in [0.1, 0.15) is 0 Å². The molecule has 166 valence electrons. The molecule has 0 radical (unpaired) electrons. The van der Waals surface area contributed by atoms with Gasteiger partial charge >= 0.3 is 6.16 Å². The summed E-state index contributed by atoms with van der Waals surface area (Å²) in [6.45, 7) is 7.72. The Bertz CT molecular complexity index is 350. The average molecular weight is 397 g/mol. The number of hydrogen-bond acceptors (Lipinski definition) is 3. The number of rotatable bonds is 20. The summed E-state index contributed by atoms with van der Waals surface area (Å²) < 4.78 is 10.2. The summed E-state index contributed by atoms with van der Waals surface area (Å²) in [5, 5.41) is 0. The molecule has 0 rings (SSSR count). The smallest absolute Gasteiger partial charge is 0.434 e. The Morgan fingerprint density at radius 3 is 1.68 bits per heavy atom. The van der Waals surface area contributed by atoms with Gasteiger partial charge < -0.3 is 9.47 Å². The van der Waals surface area contributed by atoms with Crippen molar-refractivity contribution in [3.05, 3.63) is 12.2 Å². The summed E-state index contributed by atoms with van der Waals surface area (Å²) in [6, 6.07) is 0. The number of ether oxygens (including phenoxy) is 2. The highest BCUT2D eigenvalue weighted by atomic mass is 16.7. The Kier molecular flexibility index (Phi) is 21.5. The van der Waals surface area contributed by atoms with Crippen molar-refractivity contribution in [1.82, 2.24) is 0 Å². The molecule has 0 aliphatic rings. The fraction of sp³-hybridized carbons (Fsp3) is 0.880. The third kappa shape index (κ3) is 23.0. The lowest BCUT2D eigenvalue weighted by atomic mass is 10.1. The maximum Gasteiger partial charge on any atom is 0.508 e. The van der Waals surface area contributed by atoms with E-state index in [4.69, 9.17) is 9.47 Å². The van der Waals surface area contributed by atoms with Gasteiger partial charge in [0, 0.05) is 0 Å². The minimum atomic E-state index is -0.495. The first kappa shape index (κ1) is 27.0. The molecular weight excluding hydrogens is 348 g/mol. The quantitative estimate of drug-likeness (QED) is 0.117. The molecular formula is C25H48O3. The van der Waals surface area contributed by atoms with Crippen LogP contribution in [0, 0.1) is 5.92 Å². The Hall–Kier alpha value is -0.990. The zero-order valence-corrected chi connectivity index (χ0v) is 19.2. The van der Waals surface area contributed by atoms with Crippen LogP contribution in [0.25, 0.3) is 0 Å². The van der Waals surface area contributed by atoms with E-state index in [1.807, 2.05) is 0 Å². The topological polar surface area (TPSA) is 35.5 Å². The zero-order valence-electron chi connectivity index (χ0n) is 19.2. The fourth-order valence-electron chi connectivity index (χ4n) is 3.18. The molecule has 0 spiro atoms. The van der Waals surface area contributed by atoms with E-state index in [-0.39, 0.29) is 0 Å². The first-order valence-electron chi connectivity index (χ1n) is 12.1. The second-order valence-electron chi connectivity index (χ2n) is 8.42. The highest BCUT2D eigenvalue weighted by Crippen LogP contribution is 2.10. The molecule has 0 N–H and O–H groups in total. The van der Waals surface area contributed by atoms with Gasteiger partial charge in [0.25, 0.3) is 0 Å². The molecule has 3 heteroatoms. The summed E-state index contributed by atoms with van der Waals surface area (Å²) in [7, 11) is 0. The van der Waals surface area contributed by atoms with Crippen LogP contribution in [0.15, 0.2) is 12.2 Å². The van der Waals surface area contributed by atoms with Crippen LogP contribution in [0.2, 0.25) is 0 Å². The van der Waals surface area contributed by atoms with Crippen molar-refractivity contribution in [2.45, 2.75) is 124 Å². The molecule has 0 aromatic heterocycles. The molecule has 0 aliphatic heterocycles. The molecule has 0 saturated carbocycles. The highest BCUT2D eigenvalue weighted by Gasteiger charge is 2.03. The van der Waals surface area contributed by atoms with Crippen molar-refractivity contribution in [3.8, 4) is 0 Å². The summed E-state index contributed by atoms with van der Waals surface area (Å²) in [5.74, 6) is 0.757. The van der Waals surface area contributed by atoms with E-state index in [1.54, 1.807) is 0 Å². The van der Waals surface area contributed by atoms with Crippen molar-refractivity contribution in [2.24, 2.45) is 5.92 Å². The molecule has 0 heterocycles. The molecule has 0 saturated heterocycles. The van der Waals surface area contributed by atoms with Crippen molar-refractivity contribution in [2.75, 3.05) is 13.2 Å². The zero-order chi connectivity index (χ0) is 20.7. The van der Waals surface area contributed by atoms with Gasteiger partial charge in [-0.15, -0.1) is 0 Å². The molecule has 0 unspecified atom stereocenters. The second kappa shape index (κ2) is 22.3. The molecule has 0 amide bonds. The van der Waals surface area contributed by atoms with Crippen molar-refractivity contribution in [3.63, 3.8) is 0 Å². The average Bonchev–Trinajstić information content (AvgIpc) is 2.67. The van der Waals surface area contributed by atoms with E-state index < -0.39 is 6.16 Å².